The third-order valence-electron chi connectivity index (χ3n) is 10.9. The second kappa shape index (κ2) is 12.0. The number of sulfonamides is 1. The summed E-state index contributed by atoms with van der Waals surface area (Å²) in [6.45, 7) is 1.22. The molecule has 2 aromatic carbocycles. The number of rotatable bonds is 8. The maximum absolute atomic E-state index is 14.3. The normalized spacial score (nSPS) is 19.8. The summed E-state index contributed by atoms with van der Waals surface area (Å²) in [4.78, 5) is 18.8. The molecule has 15 heteroatoms. The second-order valence-electron chi connectivity index (χ2n) is 14.6. The van der Waals surface area contributed by atoms with Crippen molar-refractivity contribution in [3.8, 4) is 11.3 Å². The number of benzene rings is 2. The van der Waals surface area contributed by atoms with E-state index >= 15 is 0 Å². The summed E-state index contributed by atoms with van der Waals surface area (Å²) in [5, 5.41) is 3.25. The Kier molecular flexibility index (Phi) is 7.96. The average Bonchev–Trinajstić information content (AvgIpc) is 4.00. The first-order valence-corrected chi connectivity index (χ1v) is 18.6. The highest BCUT2D eigenvalue weighted by molar-refractivity contribution is 7.91. The molecule has 0 radical (unpaired) electrons. The molecule has 1 saturated heterocycles. The van der Waals surface area contributed by atoms with Crippen LogP contribution in [0.1, 0.15) is 90.2 Å². The van der Waals surface area contributed by atoms with Crippen LogP contribution in [0.2, 0.25) is 0 Å². The zero-order valence-electron chi connectivity index (χ0n) is 27.3. The summed E-state index contributed by atoms with van der Waals surface area (Å²) in [6.07, 6.45) is -2.77. The molecule has 0 bridgehead atoms. The number of piperidine rings is 1. The summed E-state index contributed by atoms with van der Waals surface area (Å²) in [7, 11) is -3.98. The standard InChI is InChI=1S/C36H34F6N4O4S/c37-35(38,39)27-4-2-1-3-24(27)31-26(32(50-44-31)21-5-6-21)15-20-18-34(19-20)11-13-46(14-12-34)22-7-10-29-25(16-22)28(36(40,41)42)17-30(43-29)33(47)45-51(48,49)23-8-9-23/h1-4,7,10,16-17,20-21,23H,5-6,8-9,11-15,18-19H2,(H,45,47). The van der Waals surface area contributed by atoms with E-state index in [-0.39, 0.29) is 39.4 Å². The number of anilines is 1. The molecular formula is C36H34F6N4O4S. The average molecular weight is 733 g/mol. The molecule has 0 atom stereocenters. The molecule has 4 aromatic rings. The molecule has 1 aliphatic heterocycles. The number of nitrogens with zero attached hydrogens (tertiary/aromatic N) is 3. The predicted octanol–water partition coefficient (Wildman–Crippen LogP) is 8.27. The van der Waals surface area contributed by atoms with Crippen LogP contribution in [-0.2, 0) is 28.8 Å². The molecule has 4 fully saturated rings. The Morgan fingerprint density at radius 3 is 2.25 bits per heavy atom. The van der Waals surface area contributed by atoms with Gasteiger partial charge in [-0.05, 0) is 99.5 Å². The van der Waals surface area contributed by atoms with Gasteiger partial charge in [0.15, 0.2) is 0 Å². The lowest BCUT2D eigenvalue weighted by Crippen LogP contribution is -2.47. The van der Waals surface area contributed by atoms with Crippen LogP contribution in [0.4, 0.5) is 32.0 Å². The van der Waals surface area contributed by atoms with Crippen molar-refractivity contribution in [2.75, 3.05) is 18.0 Å². The van der Waals surface area contributed by atoms with E-state index in [0.29, 0.717) is 49.9 Å². The van der Waals surface area contributed by atoms with Crippen LogP contribution in [0.25, 0.3) is 22.2 Å². The van der Waals surface area contributed by atoms with Crippen molar-refractivity contribution >= 4 is 32.5 Å². The van der Waals surface area contributed by atoms with Gasteiger partial charge in [0.05, 0.1) is 21.9 Å². The summed E-state index contributed by atoms with van der Waals surface area (Å²) < 4.78 is 116. The third-order valence-corrected chi connectivity index (χ3v) is 12.7. The van der Waals surface area contributed by atoms with Crippen LogP contribution in [0.15, 0.2) is 53.1 Å². The zero-order valence-corrected chi connectivity index (χ0v) is 28.1. The smallest absolute Gasteiger partial charge is 0.371 e. The Morgan fingerprint density at radius 2 is 1.61 bits per heavy atom. The van der Waals surface area contributed by atoms with Gasteiger partial charge in [0.2, 0.25) is 10.0 Å². The number of halogens is 6. The first kappa shape index (κ1) is 34.0. The van der Waals surface area contributed by atoms with Crippen LogP contribution < -0.4 is 9.62 Å². The Hall–Kier alpha value is -4.14. The van der Waals surface area contributed by atoms with Crippen molar-refractivity contribution in [3.63, 3.8) is 0 Å². The third kappa shape index (κ3) is 6.57. The molecule has 3 heterocycles. The number of hydrogen-bond donors (Lipinski definition) is 1. The topological polar surface area (TPSA) is 105 Å². The number of nitrogens with one attached hydrogen (secondary N) is 1. The van der Waals surface area contributed by atoms with Gasteiger partial charge in [0, 0.05) is 41.2 Å². The molecule has 8 rings (SSSR count). The van der Waals surface area contributed by atoms with E-state index in [4.69, 9.17) is 4.52 Å². The summed E-state index contributed by atoms with van der Waals surface area (Å²) in [5.41, 5.74) is -0.832. The van der Waals surface area contributed by atoms with Gasteiger partial charge in [-0.25, -0.2) is 18.1 Å². The zero-order chi connectivity index (χ0) is 35.9. The molecule has 2 aromatic heterocycles. The molecule has 8 nitrogen and oxygen atoms in total. The molecular weight excluding hydrogens is 698 g/mol. The number of pyridine rings is 1. The Balaban J connectivity index is 0.965. The lowest BCUT2D eigenvalue weighted by atomic mass is 9.56. The molecule has 3 aliphatic carbocycles. The van der Waals surface area contributed by atoms with E-state index in [1.807, 2.05) is 9.62 Å². The number of fused-ring (bicyclic) bond motifs is 1. The number of aromatic nitrogens is 2. The van der Waals surface area contributed by atoms with E-state index in [1.165, 1.54) is 24.3 Å². The van der Waals surface area contributed by atoms with E-state index in [0.717, 1.165) is 50.2 Å². The minimum Gasteiger partial charge on any atom is -0.371 e. The SMILES string of the molecule is O=C(NS(=O)(=O)C1CC1)c1cc(C(F)(F)F)c2cc(N3CCC4(CC3)CC(Cc3c(-c5ccccc5C(F)(F)F)noc3C3CC3)C4)ccc2n1. The van der Waals surface area contributed by atoms with Gasteiger partial charge in [0.25, 0.3) is 5.91 Å². The van der Waals surface area contributed by atoms with Crippen molar-refractivity contribution in [3.05, 3.63) is 76.7 Å². The maximum Gasteiger partial charge on any atom is 0.417 e. The lowest BCUT2D eigenvalue weighted by Gasteiger charge is -2.53. The molecule has 1 spiro atoms. The molecule has 4 aliphatic rings. The highest BCUT2D eigenvalue weighted by Crippen LogP contribution is 2.55. The highest BCUT2D eigenvalue weighted by Gasteiger charge is 2.47. The number of amides is 1. The minimum atomic E-state index is -4.82. The molecule has 3 saturated carbocycles. The molecule has 1 N–H and O–H groups in total. The van der Waals surface area contributed by atoms with Crippen molar-refractivity contribution in [2.45, 2.75) is 81.3 Å². The van der Waals surface area contributed by atoms with Crippen LogP contribution in [0.5, 0.6) is 0 Å². The van der Waals surface area contributed by atoms with Gasteiger partial charge in [0.1, 0.15) is 17.1 Å². The van der Waals surface area contributed by atoms with Gasteiger partial charge < -0.3 is 9.42 Å². The van der Waals surface area contributed by atoms with Crippen LogP contribution in [-0.4, -0.2) is 42.8 Å². The number of hydrogen-bond acceptors (Lipinski definition) is 7. The number of alkyl halides is 6. The van der Waals surface area contributed by atoms with E-state index in [2.05, 4.69) is 10.1 Å². The van der Waals surface area contributed by atoms with Gasteiger partial charge in [-0.3, -0.25) is 4.79 Å². The summed E-state index contributed by atoms with van der Waals surface area (Å²) >= 11 is 0. The number of carbonyl (C=O) groups is 1. The van der Waals surface area contributed by atoms with Gasteiger partial charge in [-0.2, -0.15) is 26.3 Å². The van der Waals surface area contributed by atoms with Crippen LogP contribution in [0, 0.1) is 11.3 Å². The maximum atomic E-state index is 14.3. The highest BCUT2D eigenvalue weighted by atomic mass is 32.2. The van der Waals surface area contributed by atoms with Gasteiger partial charge in [-0.15, -0.1) is 0 Å². The molecule has 51 heavy (non-hydrogen) atoms. The molecule has 1 amide bonds. The molecule has 0 unspecified atom stereocenters. The summed E-state index contributed by atoms with van der Waals surface area (Å²) in [5.74, 6) is -0.0812. The molecule has 270 valence electrons. The van der Waals surface area contributed by atoms with Crippen LogP contribution >= 0.6 is 0 Å². The lowest BCUT2D eigenvalue weighted by molar-refractivity contribution is -0.137. The van der Waals surface area contributed by atoms with E-state index in [9.17, 15) is 39.6 Å². The van der Waals surface area contributed by atoms with Crippen LogP contribution in [0.3, 0.4) is 0 Å². The first-order chi connectivity index (χ1) is 24.1. The van der Waals surface area contributed by atoms with Crippen molar-refractivity contribution in [1.82, 2.24) is 14.9 Å². The van der Waals surface area contributed by atoms with Crippen molar-refractivity contribution in [1.29, 1.82) is 0 Å². The fourth-order valence-electron chi connectivity index (χ4n) is 7.98. The van der Waals surface area contributed by atoms with Crippen molar-refractivity contribution in [2.24, 2.45) is 11.3 Å². The largest absolute Gasteiger partial charge is 0.417 e. The Bertz CT molecular complexity index is 2120. The van der Waals surface area contributed by atoms with Gasteiger partial charge >= 0.3 is 12.4 Å². The number of carbonyl (C=O) groups excluding carboxylic acids is 1. The fraction of sp³-hybridized carbons (Fsp3) is 0.472. The van der Waals surface area contributed by atoms with E-state index in [1.54, 1.807) is 12.1 Å². The summed E-state index contributed by atoms with van der Waals surface area (Å²) in [6, 6.07) is 10.5. The predicted molar refractivity (Wildman–Crippen MR) is 175 cm³/mol. The Labute approximate surface area is 289 Å². The first-order valence-electron chi connectivity index (χ1n) is 17.1. The monoisotopic (exact) mass is 732 g/mol. The minimum absolute atomic E-state index is 0.0262. The second-order valence-corrected chi connectivity index (χ2v) is 16.5. The van der Waals surface area contributed by atoms with Crippen molar-refractivity contribution < 1.29 is 44.1 Å². The van der Waals surface area contributed by atoms with E-state index < -0.39 is 50.4 Å². The quantitative estimate of drug-likeness (QED) is 0.182. The Morgan fingerprint density at radius 1 is 0.922 bits per heavy atom. The fourth-order valence-corrected chi connectivity index (χ4v) is 9.27. The van der Waals surface area contributed by atoms with Gasteiger partial charge in [-0.1, -0.05) is 23.4 Å².